The number of furan rings is 1. The number of halogens is 3. The number of amides is 1. The van der Waals surface area contributed by atoms with Gasteiger partial charge >= 0.3 is 6.18 Å². The second-order valence-corrected chi connectivity index (χ2v) is 6.09. The average molecular weight is 355 g/mol. The molecule has 136 valence electrons. The maximum atomic E-state index is 13.3. The van der Waals surface area contributed by atoms with E-state index < -0.39 is 11.9 Å². The second kappa shape index (κ2) is 7.25. The fourth-order valence-electron chi connectivity index (χ4n) is 2.57. The van der Waals surface area contributed by atoms with Crippen LogP contribution in [0.25, 0.3) is 5.70 Å². The molecule has 25 heavy (non-hydrogen) atoms. The van der Waals surface area contributed by atoms with Crippen molar-refractivity contribution in [3.05, 3.63) is 28.8 Å². The minimum Gasteiger partial charge on any atom is -0.455 e. The zero-order valence-corrected chi connectivity index (χ0v) is 14.3. The van der Waals surface area contributed by atoms with Crippen LogP contribution in [0.2, 0.25) is 0 Å². The highest BCUT2D eigenvalue weighted by Gasteiger charge is 2.42. The summed E-state index contributed by atoms with van der Waals surface area (Å²) in [6.07, 6.45) is -1.77. The lowest BCUT2D eigenvalue weighted by atomic mass is 10.1. The first-order valence-corrected chi connectivity index (χ1v) is 7.89. The highest BCUT2D eigenvalue weighted by atomic mass is 19.4. The van der Waals surface area contributed by atoms with Gasteiger partial charge in [-0.2, -0.15) is 13.2 Å². The van der Waals surface area contributed by atoms with Gasteiger partial charge in [-0.05, 0) is 26.5 Å². The van der Waals surface area contributed by atoms with Crippen molar-refractivity contribution in [1.29, 1.82) is 0 Å². The van der Waals surface area contributed by atoms with E-state index in [0.29, 0.717) is 24.2 Å². The normalized spacial score (nSPS) is 15.5. The SMILES string of the molecule is C=N/C(=C\N=C(C)NC(=O)C(C)C)c1c(C(F)(F)F)oc2c1CCC2. The van der Waals surface area contributed by atoms with Crippen LogP contribution in [-0.2, 0) is 23.8 Å². The van der Waals surface area contributed by atoms with Crippen LogP contribution in [0, 0.1) is 5.92 Å². The molecule has 1 amide bonds. The third-order valence-electron chi connectivity index (χ3n) is 3.81. The van der Waals surface area contributed by atoms with Crippen molar-refractivity contribution in [2.24, 2.45) is 15.9 Å². The first-order valence-electron chi connectivity index (χ1n) is 7.89. The third-order valence-corrected chi connectivity index (χ3v) is 3.81. The van der Waals surface area contributed by atoms with Gasteiger partial charge in [-0.1, -0.05) is 13.8 Å². The van der Waals surface area contributed by atoms with Crippen LogP contribution in [0.5, 0.6) is 0 Å². The third kappa shape index (κ3) is 4.18. The monoisotopic (exact) mass is 355 g/mol. The first kappa shape index (κ1) is 19.0. The number of rotatable bonds is 4. The van der Waals surface area contributed by atoms with Crippen LogP contribution >= 0.6 is 0 Å². The number of nitrogens with one attached hydrogen (secondary N) is 1. The highest BCUT2D eigenvalue weighted by molar-refractivity contribution is 5.98. The fourth-order valence-corrected chi connectivity index (χ4v) is 2.57. The first-order chi connectivity index (χ1) is 11.6. The molecule has 0 aromatic carbocycles. The molecule has 0 fully saturated rings. The van der Waals surface area contributed by atoms with E-state index in [0.717, 1.165) is 6.42 Å². The van der Waals surface area contributed by atoms with E-state index in [4.69, 9.17) is 4.42 Å². The molecule has 0 spiro atoms. The Morgan fingerprint density at radius 1 is 1.36 bits per heavy atom. The molecule has 1 aromatic rings. The molecule has 0 bridgehead atoms. The van der Waals surface area contributed by atoms with E-state index in [1.807, 2.05) is 0 Å². The summed E-state index contributed by atoms with van der Waals surface area (Å²) < 4.78 is 44.9. The van der Waals surface area contributed by atoms with Crippen molar-refractivity contribution in [2.75, 3.05) is 0 Å². The Balaban J connectivity index is 2.41. The van der Waals surface area contributed by atoms with Crippen LogP contribution in [-0.4, -0.2) is 18.5 Å². The topological polar surface area (TPSA) is 67.0 Å². The van der Waals surface area contributed by atoms with Gasteiger partial charge < -0.3 is 9.73 Å². The van der Waals surface area contributed by atoms with Gasteiger partial charge in [-0.25, -0.2) is 4.99 Å². The van der Waals surface area contributed by atoms with Gasteiger partial charge in [0.1, 0.15) is 11.6 Å². The lowest BCUT2D eigenvalue weighted by molar-refractivity contribution is -0.153. The minimum absolute atomic E-state index is 0.0302. The number of hydrogen-bond acceptors (Lipinski definition) is 4. The zero-order chi connectivity index (χ0) is 18.8. The predicted molar refractivity (Wildman–Crippen MR) is 89.4 cm³/mol. The quantitative estimate of drug-likeness (QED) is 0.656. The number of carbonyl (C=O) groups is 1. The number of aliphatic imine (C=N–C) groups is 2. The van der Waals surface area contributed by atoms with E-state index in [9.17, 15) is 18.0 Å². The number of aryl methyl sites for hydroxylation is 1. The Hall–Kier alpha value is -2.38. The molecular formula is C17H20F3N3O2. The molecule has 5 nitrogen and oxygen atoms in total. The van der Waals surface area contributed by atoms with Crippen molar-refractivity contribution in [3.63, 3.8) is 0 Å². The smallest absolute Gasteiger partial charge is 0.450 e. The lowest BCUT2D eigenvalue weighted by Gasteiger charge is -2.08. The van der Waals surface area contributed by atoms with Crippen LogP contribution in [0.15, 0.2) is 20.6 Å². The van der Waals surface area contributed by atoms with Crippen LogP contribution in [0.1, 0.15) is 49.8 Å². The van der Waals surface area contributed by atoms with E-state index in [1.54, 1.807) is 20.8 Å². The number of alkyl halides is 3. The predicted octanol–water partition coefficient (Wildman–Crippen LogP) is 3.98. The summed E-state index contributed by atoms with van der Waals surface area (Å²) in [4.78, 5) is 19.3. The molecular weight excluding hydrogens is 335 g/mol. The van der Waals surface area contributed by atoms with E-state index in [-0.39, 0.29) is 28.9 Å². The van der Waals surface area contributed by atoms with Crippen molar-refractivity contribution < 1.29 is 22.4 Å². The van der Waals surface area contributed by atoms with Crippen LogP contribution in [0.4, 0.5) is 13.2 Å². The maximum absolute atomic E-state index is 13.3. The molecule has 1 aliphatic rings. The molecule has 1 aliphatic carbocycles. The van der Waals surface area contributed by atoms with Gasteiger partial charge in [0.25, 0.3) is 0 Å². The molecule has 8 heteroatoms. The summed E-state index contributed by atoms with van der Waals surface area (Å²) in [7, 11) is 0. The number of amidine groups is 1. The van der Waals surface area contributed by atoms with Gasteiger partial charge in [-0.15, -0.1) is 0 Å². The van der Waals surface area contributed by atoms with Crippen molar-refractivity contribution in [3.8, 4) is 0 Å². The Morgan fingerprint density at radius 2 is 2.04 bits per heavy atom. The molecule has 0 atom stereocenters. The Morgan fingerprint density at radius 3 is 2.60 bits per heavy atom. The van der Waals surface area contributed by atoms with Crippen molar-refractivity contribution >= 4 is 24.2 Å². The standard InChI is InChI=1S/C17H20F3N3O2/c1-9(2)16(24)23-10(3)22-8-12(21-4)14-11-6-5-7-13(11)25-15(14)17(18,19)20/h8-9H,4-7H2,1-3H3,(H,22,23,24)/b12-8-. The summed E-state index contributed by atoms with van der Waals surface area (Å²) >= 11 is 0. The van der Waals surface area contributed by atoms with Crippen LogP contribution < -0.4 is 5.32 Å². The molecule has 0 saturated heterocycles. The molecule has 1 heterocycles. The van der Waals surface area contributed by atoms with Crippen LogP contribution in [0.3, 0.4) is 0 Å². The Labute approximate surface area is 143 Å². The summed E-state index contributed by atoms with van der Waals surface area (Å²) in [6.45, 7) is 8.34. The molecule has 1 aromatic heterocycles. The zero-order valence-electron chi connectivity index (χ0n) is 14.3. The van der Waals surface area contributed by atoms with Gasteiger partial charge in [0.15, 0.2) is 0 Å². The van der Waals surface area contributed by atoms with Gasteiger partial charge in [0.05, 0.1) is 17.5 Å². The summed E-state index contributed by atoms with van der Waals surface area (Å²) in [5.74, 6) is -0.947. The molecule has 0 saturated carbocycles. The van der Waals surface area contributed by atoms with E-state index in [1.165, 1.54) is 6.20 Å². The minimum atomic E-state index is -4.63. The summed E-state index contributed by atoms with van der Waals surface area (Å²) in [5.41, 5.74) is 0.365. The van der Waals surface area contributed by atoms with Gasteiger partial charge in [0, 0.05) is 17.9 Å². The summed E-state index contributed by atoms with van der Waals surface area (Å²) in [6, 6.07) is 0. The molecule has 2 rings (SSSR count). The molecule has 0 unspecified atom stereocenters. The van der Waals surface area contributed by atoms with Crippen molar-refractivity contribution in [1.82, 2.24) is 5.32 Å². The number of fused-ring (bicyclic) bond motifs is 1. The number of hydrogen-bond donors (Lipinski definition) is 1. The molecule has 0 aliphatic heterocycles. The average Bonchev–Trinajstić information content (AvgIpc) is 3.08. The second-order valence-electron chi connectivity index (χ2n) is 6.09. The number of carbonyl (C=O) groups excluding carboxylic acids is 1. The van der Waals surface area contributed by atoms with Gasteiger partial charge in [-0.3, -0.25) is 9.79 Å². The van der Waals surface area contributed by atoms with E-state index >= 15 is 0 Å². The highest BCUT2D eigenvalue weighted by Crippen LogP contribution is 2.43. The van der Waals surface area contributed by atoms with E-state index in [2.05, 4.69) is 22.0 Å². The Bertz CT molecular complexity index is 743. The maximum Gasteiger partial charge on any atom is 0.450 e. The van der Waals surface area contributed by atoms with Crippen molar-refractivity contribution in [2.45, 2.75) is 46.2 Å². The fraction of sp³-hybridized carbons (Fsp3) is 0.471. The van der Waals surface area contributed by atoms with Gasteiger partial charge in [0.2, 0.25) is 11.7 Å². The summed E-state index contributed by atoms with van der Waals surface area (Å²) in [5, 5.41) is 2.56. The largest absolute Gasteiger partial charge is 0.455 e. The Kier molecular flexibility index (Phi) is 5.49. The molecule has 1 N–H and O–H groups in total. The number of nitrogens with zero attached hydrogens (tertiary/aromatic N) is 2. The molecule has 0 radical (unpaired) electrons. The lowest BCUT2D eigenvalue weighted by Crippen LogP contribution is -2.31.